The van der Waals surface area contributed by atoms with Crippen molar-refractivity contribution in [1.82, 2.24) is 14.8 Å². The number of nitrogens with zero attached hydrogens (tertiary/aromatic N) is 4. The van der Waals surface area contributed by atoms with E-state index < -0.39 is 0 Å². The first-order chi connectivity index (χ1) is 13.1. The van der Waals surface area contributed by atoms with Crippen molar-refractivity contribution in [3.05, 3.63) is 23.9 Å². The summed E-state index contributed by atoms with van der Waals surface area (Å²) < 4.78 is 5.08. The molecule has 2 fully saturated rings. The first kappa shape index (κ1) is 19.6. The van der Waals surface area contributed by atoms with Crippen LogP contribution in [-0.2, 0) is 9.53 Å². The molecule has 0 spiro atoms. The van der Waals surface area contributed by atoms with E-state index in [2.05, 4.69) is 4.98 Å². The smallest absolute Gasteiger partial charge is 0.255 e. The Kier molecular flexibility index (Phi) is 6.66. The number of carbonyl (C=O) groups excluding carboxylic acids is 2. The molecule has 2 aliphatic heterocycles. The number of hydrogen-bond acceptors (Lipinski definition) is 5. The fourth-order valence-electron chi connectivity index (χ4n) is 3.79. The first-order valence-corrected chi connectivity index (χ1v) is 9.81. The van der Waals surface area contributed by atoms with Gasteiger partial charge in [-0.25, -0.2) is 4.98 Å². The van der Waals surface area contributed by atoms with Crippen molar-refractivity contribution in [1.29, 1.82) is 0 Å². The maximum absolute atomic E-state index is 12.7. The van der Waals surface area contributed by atoms with Gasteiger partial charge in [0.25, 0.3) is 5.91 Å². The Labute approximate surface area is 161 Å². The molecule has 7 nitrogen and oxygen atoms in total. The number of hydrogen-bond donors (Lipinski definition) is 0. The summed E-state index contributed by atoms with van der Waals surface area (Å²) >= 11 is 0. The molecule has 0 unspecified atom stereocenters. The maximum atomic E-state index is 12.7. The number of ether oxygens (including phenoxy) is 1. The Hall–Kier alpha value is -2.15. The normalized spacial score (nSPS) is 18.2. The largest absolute Gasteiger partial charge is 0.383 e. The summed E-state index contributed by atoms with van der Waals surface area (Å²) in [6.07, 6.45) is 5.26. The van der Waals surface area contributed by atoms with Gasteiger partial charge in [0.05, 0.1) is 12.2 Å². The number of rotatable bonds is 7. The molecule has 2 aliphatic rings. The molecule has 2 amide bonds. The molecular formula is C20H30N4O3. The fourth-order valence-corrected chi connectivity index (χ4v) is 3.79. The van der Waals surface area contributed by atoms with Gasteiger partial charge in [0.2, 0.25) is 5.91 Å². The van der Waals surface area contributed by atoms with Crippen LogP contribution in [0, 0.1) is 5.92 Å². The van der Waals surface area contributed by atoms with Gasteiger partial charge in [0.1, 0.15) is 5.82 Å². The van der Waals surface area contributed by atoms with E-state index in [9.17, 15) is 9.59 Å². The lowest BCUT2D eigenvalue weighted by molar-refractivity contribution is -0.128. The topological polar surface area (TPSA) is 66.0 Å². The lowest BCUT2D eigenvalue weighted by Crippen LogP contribution is -2.41. The van der Waals surface area contributed by atoms with Crippen LogP contribution in [0.5, 0.6) is 0 Å². The van der Waals surface area contributed by atoms with Crippen LogP contribution in [0.3, 0.4) is 0 Å². The summed E-state index contributed by atoms with van der Waals surface area (Å²) in [4.78, 5) is 34.8. The van der Waals surface area contributed by atoms with Crippen molar-refractivity contribution >= 4 is 17.6 Å². The molecule has 3 rings (SSSR count). The van der Waals surface area contributed by atoms with Crippen molar-refractivity contribution in [2.75, 3.05) is 58.4 Å². The van der Waals surface area contributed by atoms with E-state index in [0.29, 0.717) is 24.5 Å². The van der Waals surface area contributed by atoms with Crippen molar-refractivity contribution in [3.63, 3.8) is 0 Å². The molecule has 0 N–H and O–H groups in total. The van der Waals surface area contributed by atoms with Gasteiger partial charge >= 0.3 is 0 Å². The summed E-state index contributed by atoms with van der Waals surface area (Å²) in [5.74, 6) is 1.67. The predicted molar refractivity (Wildman–Crippen MR) is 104 cm³/mol. The number of methoxy groups -OCH3 is 1. The zero-order valence-corrected chi connectivity index (χ0v) is 16.4. The van der Waals surface area contributed by atoms with E-state index in [4.69, 9.17) is 4.74 Å². The van der Waals surface area contributed by atoms with Gasteiger partial charge in [-0.1, -0.05) is 0 Å². The second-order valence-corrected chi connectivity index (χ2v) is 7.50. The van der Waals surface area contributed by atoms with E-state index in [1.54, 1.807) is 13.3 Å². The highest BCUT2D eigenvalue weighted by Gasteiger charge is 2.28. The lowest BCUT2D eigenvalue weighted by Gasteiger charge is -2.34. The Morgan fingerprint density at radius 3 is 2.67 bits per heavy atom. The molecule has 2 saturated heterocycles. The van der Waals surface area contributed by atoms with Crippen molar-refractivity contribution < 1.29 is 14.3 Å². The molecule has 0 bridgehead atoms. The van der Waals surface area contributed by atoms with E-state index in [1.807, 2.05) is 33.9 Å². The second-order valence-electron chi connectivity index (χ2n) is 7.50. The van der Waals surface area contributed by atoms with Crippen LogP contribution >= 0.6 is 0 Å². The molecule has 0 radical (unpaired) electrons. The highest BCUT2D eigenvalue weighted by Crippen LogP contribution is 2.22. The van der Waals surface area contributed by atoms with Gasteiger partial charge in [-0.3, -0.25) is 9.59 Å². The zero-order valence-electron chi connectivity index (χ0n) is 16.4. The highest BCUT2D eigenvalue weighted by atomic mass is 16.5. The minimum absolute atomic E-state index is 0.0456. The van der Waals surface area contributed by atoms with Crippen LogP contribution in [0.4, 0.5) is 5.82 Å². The third-order valence-electron chi connectivity index (χ3n) is 5.57. The summed E-state index contributed by atoms with van der Waals surface area (Å²) in [6, 6.07) is 3.73. The Balaban J connectivity index is 1.49. The fraction of sp³-hybridized carbons (Fsp3) is 0.650. The standard InChI is InChI=1S/C20H30N4O3/c1-22(12-13-27-2)18-6-5-17(14-21-18)20(26)23-10-7-16(8-11-23)15-24-9-3-4-19(24)25/h5-6,14,16H,3-4,7-13,15H2,1-2H3. The average Bonchev–Trinajstić information content (AvgIpc) is 3.11. The van der Waals surface area contributed by atoms with Crippen molar-refractivity contribution in [3.8, 4) is 0 Å². The van der Waals surface area contributed by atoms with Crippen LogP contribution in [0.15, 0.2) is 18.3 Å². The minimum Gasteiger partial charge on any atom is -0.383 e. The summed E-state index contributed by atoms with van der Waals surface area (Å²) in [5, 5.41) is 0. The number of carbonyl (C=O) groups is 2. The van der Waals surface area contributed by atoms with Crippen LogP contribution in [0.2, 0.25) is 0 Å². The Bertz CT molecular complexity index is 641. The van der Waals surface area contributed by atoms with Gasteiger partial charge in [-0.05, 0) is 37.3 Å². The number of likely N-dealkylation sites (tertiary alicyclic amines) is 2. The SMILES string of the molecule is COCCN(C)c1ccc(C(=O)N2CCC(CN3CCCC3=O)CC2)cn1. The van der Waals surface area contributed by atoms with E-state index in [-0.39, 0.29) is 11.8 Å². The monoisotopic (exact) mass is 374 g/mol. The van der Waals surface area contributed by atoms with Gasteiger partial charge < -0.3 is 19.4 Å². The molecule has 0 aromatic carbocycles. The highest BCUT2D eigenvalue weighted by molar-refractivity contribution is 5.94. The number of amides is 2. The molecule has 0 atom stereocenters. The van der Waals surface area contributed by atoms with E-state index in [1.165, 1.54) is 0 Å². The molecule has 1 aromatic rings. The van der Waals surface area contributed by atoms with Crippen LogP contribution in [0.25, 0.3) is 0 Å². The summed E-state index contributed by atoms with van der Waals surface area (Å²) in [7, 11) is 3.63. The van der Waals surface area contributed by atoms with Gasteiger partial charge in [-0.2, -0.15) is 0 Å². The predicted octanol–water partition coefficient (Wildman–Crippen LogP) is 1.64. The number of anilines is 1. The quantitative estimate of drug-likeness (QED) is 0.726. The number of pyridine rings is 1. The van der Waals surface area contributed by atoms with Gasteiger partial charge in [0, 0.05) is 59.5 Å². The Morgan fingerprint density at radius 2 is 2.07 bits per heavy atom. The van der Waals surface area contributed by atoms with Gasteiger partial charge in [-0.15, -0.1) is 0 Å². The third-order valence-corrected chi connectivity index (χ3v) is 5.57. The molecule has 148 valence electrons. The lowest BCUT2D eigenvalue weighted by atomic mass is 9.96. The minimum atomic E-state index is 0.0456. The summed E-state index contributed by atoms with van der Waals surface area (Å²) in [5.41, 5.74) is 0.632. The van der Waals surface area contributed by atoms with Crippen LogP contribution < -0.4 is 4.90 Å². The molecule has 7 heteroatoms. The van der Waals surface area contributed by atoms with Crippen LogP contribution in [-0.4, -0.2) is 80.1 Å². The molecule has 0 aliphatic carbocycles. The number of piperidine rings is 1. The molecule has 3 heterocycles. The molecule has 0 saturated carbocycles. The molecule has 27 heavy (non-hydrogen) atoms. The summed E-state index contributed by atoms with van der Waals surface area (Å²) in [6.45, 7) is 4.64. The third kappa shape index (κ3) is 4.97. The molecular weight excluding hydrogens is 344 g/mol. The maximum Gasteiger partial charge on any atom is 0.255 e. The number of aromatic nitrogens is 1. The second kappa shape index (κ2) is 9.17. The zero-order chi connectivity index (χ0) is 19.2. The van der Waals surface area contributed by atoms with E-state index >= 15 is 0 Å². The van der Waals surface area contributed by atoms with Crippen molar-refractivity contribution in [2.45, 2.75) is 25.7 Å². The van der Waals surface area contributed by atoms with E-state index in [0.717, 1.165) is 57.8 Å². The average molecular weight is 374 g/mol. The van der Waals surface area contributed by atoms with Gasteiger partial charge in [0.15, 0.2) is 0 Å². The molecule has 1 aromatic heterocycles. The first-order valence-electron chi connectivity index (χ1n) is 9.81. The van der Waals surface area contributed by atoms with Crippen molar-refractivity contribution in [2.24, 2.45) is 5.92 Å². The Morgan fingerprint density at radius 1 is 1.30 bits per heavy atom. The number of likely N-dealkylation sites (N-methyl/N-ethyl adjacent to an activating group) is 1. The van der Waals surface area contributed by atoms with Crippen LogP contribution in [0.1, 0.15) is 36.0 Å².